The molecule has 0 radical (unpaired) electrons. The Balaban J connectivity index is 1.26. The van der Waals surface area contributed by atoms with Crippen molar-refractivity contribution in [2.45, 2.75) is 74.1 Å². The van der Waals surface area contributed by atoms with E-state index in [1.807, 2.05) is 42.3 Å². The quantitative estimate of drug-likeness (QED) is 0.644. The maximum absolute atomic E-state index is 13.4. The molecule has 2 aromatic carbocycles. The molecule has 3 aliphatic carbocycles. The second-order valence-corrected chi connectivity index (χ2v) is 12.1. The Labute approximate surface area is 216 Å². The molecule has 7 heteroatoms. The molecule has 190 valence electrons. The minimum absolute atomic E-state index is 0.0201. The van der Waals surface area contributed by atoms with Gasteiger partial charge in [-0.3, -0.25) is 9.69 Å². The average molecular weight is 509 g/mol. The molecule has 1 saturated heterocycles. The van der Waals surface area contributed by atoms with Crippen molar-refractivity contribution in [1.29, 1.82) is 0 Å². The highest BCUT2D eigenvalue weighted by atomic mass is 35.5. The molecule has 2 N–H and O–H groups in total. The van der Waals surface area contributed by atoms with Crippen molar-refractivity contribution in [1.82, 2.24) is 9.80 Å². The van der Waals surface area contributed by atoms with Crippen LogP contribution >= 0.6 is 11.6 Å². The minimum Gasteiger partial charge on any atom is -0.504 e. The van der Waals surface area contributed by atoms with Gasteiger partial charge in [0.2, 0.25) is 5.91 Å². The van der Waals surface area contributed by atoms with Crippen LogP contribution in [0.4, 0.5) is 0 Å². The van der Waals surface area contributed by atoms with E-state index in [1.54, 1.807) is 6.07 Å². The van der Waals surface area contributed by atoms with Crippen LogP contribution in [0, 0.1) is 5.92 Å². The van der Waals surface area contributed by atoms with Crippen molar-refractivity contribution >= 4 is 17.5 Å². The van der Waals surface area contributed by atoms with Crippen LogP contribution in [-0.4, -0.2) is 69.8 Å². The number of aliphatic hydroxyl groups is 1. The standard InChI is InChI=1S/C29H33ClN2O4/c1-31(24(34)14-17-4-7-20(30)8-5-17)21-10-11-29(35)23-15-19-6-9-22(33)26-25(19)28(29,27(21)36-26)12-13-32(23)16-18-2-3-18/h4-9,18,21,23,27,33,35H,2-3,10-16H2,1H3/t21-,23+,27+,28+,29-/m1/s1. The Morgan fingerprint density at radius 2 is 1.94 bits per heavy atom. The van der Waals surface area contributed by atoms with E-state index in [-0.39, 0.29) is 36.3 Å². The number of likely N-dealkylation sites (tertiary alicyclic amines) is 1. The van der Waals surface area contributed by atoms with Crippen molar-refractivity contribution in [2.24, 2.45) is 5.92 Å². The molecule has 2 aromatic rings. The number of likely N-dealkylation sites (N-methyl/N-ethyl adjacent to an activating group) is 1. The highest BCUT2D eigenvalue weighted by molar-refractivity contribution is 6.30. The lowest BCUT2D eigenvalue weighted by Gasteiger charge is -2.64. The third-order valence-electron chi connectivity index (χ3n) is 9.89. The molecule has 2 heterocycles. The first-order chi connectivity index (χ1) is 17.3. The van der Waals surface area contributed by atoms with Gasteiger partial charge in [0.05, 0.1) is 23.5 Å². The summed E-state index contributed by atoms with van der Waals surface area (Å²) in [6.07, 6.45) is 5.32. The molecule has 1 spiro atoms. The molecule has 6 nitrogen and oxygen atoms in total. The highest BCUT2D eigenvalue weighted by Gasteiger charge is 2.73. The van der Waals surface area contributed by atoms with Crippen molar-refractivity contribution in [3.05, 3.63) is 58.1 Å². The Morgan fingerprint density at radius 1 is 1.17 bits per heavy atom. The van der Waals surface area contributed by atoms with Crippen molar-refractivity contribution in [2.75, 3.05) is 20.1 Å². The number of aromatic hydroxyl groups is 1. The van der Waals surface area contributed by atoms with Crippen LogP contribution in [0.15, 0.2) is 36.4 Å². The summed E-state index contributed by atoms with van der Waals surface area (Å²) in [6.45, 7) is 1.96. The zero-order valence-corrected chi connectivity index (χ0v) is 21.4. The SMILES string of the molecule is CN(C(=O)Cc1ccc(Cl)cc1)[C@@H]1CC[C@@]2(O)[C@@H]3Cc4ccc(O)c5c4[C@@]2(CCN3CC2CC2)[C@H]1O5. The summed E-state index contributed by atoms with van der Waals surface area (Å²) in [6, 6.07) is 11.0. The van der Waals surface area contributed by atoms with E-state index in [9.17, 15) is 15.0 Å². The molecule has 0 aromatic heterocycles. The molecular weight excluding hydrogens is 476 g/mol. The summed E-state index contributed by atoms with van der Waals surface area (Å²) < 4.78 is 6.61. The van der Waals surface area contributed by atoms with Crippen LogP contribution < -0.4 is 4.74 Å². The van der Waals surface area contributed by atoms with Crippen molar-refractivity contribution in [3.8, 4) is 11.5 Å². The lowest BCUT2D eigenvalue weighted by molar-refractivity contribution is -0.200. The summed E-state index contributed by atoms with van der Waals surface area (Å²) in [7, 11) is 1.86. The first-order valence-corrected chi connectivity index (χ1v) is 13.7. The molecule has 2 saturated carbocycles. The number of hydrogen-bond acceptors (Lipinski definition) is 5. The molecule has 7 rings (SSSR count). The Morgan fingerprint density at radius 3 is 2.69 bits per heavy atom. The molecule has 5 atom stereocenters. The number of ether oxygens (including phenoxy) is 1. The summed E-state index contributed by atoms with van der Waals surface area (Å²) in [5, 5.41) is 24.1. The highest BCUT2D eigenvalue weighted by Crippen LogP contribution is 2.66. The van der Waals surface area contributed by atoms with Gasteiger partial charge in [-0.15, -0.1) is 0 Å². The molecule has 5 aliphatic rings. The number of phenols is 1. The number of benzene rings is 2. The molecule has 3 fully saturated rings. The van der Waals surface area contributed by atoms with Crippen LogP contribution in [0.3, 0.4) is 0 Å². The summed E-state index contributed by atoms with van der Waals surface area (Å²) >= 11 is 6.03. The van der Waals surface area contributed by atoms with Gasteiger partial charge < -0.3 is 19.8 Å². The van der Waals surface area contributed by atoms with Crippen LogP contribution in [0.1, 0.15) is 48.8 Å². The largest absolute Gasteiger partial charge is 0.504 e. The summed E-state index contributed by atoms with van der Waals surface area (Å²) in [4.78, 5) is 17.8. The van der Waals surface area contributed by atoms with Gasteiger partial charge in [0, 0.05) is 30.2 Å². The molecule has 2 bridgehead atoms. The molecule has 0 unspecified atom stereocenters. The second-order valence-electron chi connectivity index (χ2n) is 11.7. The number of hydrogen-bond donors (Lipinski definition) is 2. The fourth-order valence-corrected chi connectivity index (χ4v) is 8.06. The monoisotopic (exact) mass is 508 g/mol. The van der Waals surface area contributed by atoms with Crippen LogP contribution in [-0.2, 0) is 23.1 Å². The molecule has 36 heavy (non-hydrogen) atoms. The number of amides is 1. The lowest BCUT2D eigenvalue weighted by atomic mass is 9.48. The molecular formula is C29H33ClN2O4. The smallest absolute Gasteiger partial charge is 0.227 e. The van der Waals surface area contributed by atoms with E-state index in [1.165, 1.54) is 18.4 Å². The Bertz CT molecular complexity index is 1230. The van der Waals surface area contributed by atoms with Gasteiger partial charge in [-0.2, -0.15) is 0 Å². The summed E-state index contributed by atoms with van der Waals surface area (Å²) in [5.41, 5.74) is 1.55. The van der Waals surface area contributed by atoms with E-state index in [0.717, 1.165) is 43.0 Å². The van der Waals surface area contributed by atoms with E-state index in [4.69, 9.17) is 16.3 Å². The fourth-order valence-electron chi connectivity index (χ4n) is 7.94. The second kappa shape index (κ2) is 7.86. The number of halogens is 1. The summed E-state index contributed by atoms with van der Waals surface area (Å²) in [5.74, 6) is 1.43. The normalized spacial score (nSPS) is 34.1. The number of carbonyl (C=O) groups excluding carboxylic acids is 1. The Kier molecular flexibility index (Phi) is 5.00. The predicted molar refractivity (Wildman–Crippen MR) is 137 cm³/mol. The van der Waals surface area contributed by atoms with Gasteiger partial charge in [0.25, 0.3) is 0 Å². The first-order valence-electron chi connectivity index (χ1n) is 13.3. The third kappa shape index (κ3) is 3.07. The Hall–Kier alpha value is -2.28. The van der Waals surface area contributed by atoms with Crippen LogP contribution in [0.2, 0.25) is 5.02 Å². The number of carbonyl (C=O) groups is 1. The molecule has 2 aliphatic heterocycles. The van der Waals surface area contributed by atoms with Gasteiger partial charge in [0.15, 0.2) is 11.5 Å². The predicted octanol–water partition coefficient (Wildman–Crippen LogP) is 3.68. The number of rotatable bonds is 5. The fraction of sp³-hybridized carbons (Fsp3) is 0.552. The van der Waals surface area contributed by atoms with E-state index in [2.05, 4.69) is 4.90 Å². The lowest BCUT2D eigenvalue weighted by Crippen LogP contribution is -2.78. The number of piperidine rings is 1. The third-order valence-corrected chi connectivity index (χ3v) is 10.1. The topological polar surface area (TPSA) is 73.2 Å². The first kappa shape index (κ1) is 22.9. The maximum Gasteiger partial charge on any atom is 0.227 e. The van der Waals surface area contributed by atoms with Gasteiger partial charge in [0.1, 0.15) is 6.10 Å². The maximum atomic E-state index is 13.4. The van der Waals surface area contributed by atoms with Crippen LogP contribution in [0.25, 0.3) is 0 Å². The van der Waals surface area contributed by atoms with Gasteiger partial charge in [-0.25, -0.2) is 0 Å². The average Bonchev–Trinajstić information content (AvgIpc) is 3.60. The molecule has 1 amide bonds. The van der Waals surface area contributed by atoms with Crippen LogP contribution in [0.5, 0.6) is 11.5 Å². The van der Waals surface area contributed by atoms with Gasteiger partial charge in [-0.1, -0.05) is 29.8 Å². The van der Waals surface area contributed by atoms with Gasteiger partial charge >= 0.3 is 0 Å². The zero-order valence-electron chi connectivity index (χ0n) is 20.6. The zero-order chi connectivity index (χ0) is 24.8. The number of nitrogens with zero attached hydrogens (tertiary/aromatic N) is 2. The number of phenolic OH excluding ortho intramolecular Hbond substituents is 1. The van der Waals surface area contributed by atoms with Crippen molar-refractivity contribution in [3.63, 3.8) is 0 Å². The minimum atomic E-state index is -0.937. The van der Waals surface area contributed by atoms with Crippen molar-refractivity contribution < 1.29 is 19.7 Å². The van der Waals surface area contributed by atoms with E-state index < -0.39 is 11.0 Å². The van der Waals surface area contributed by atoms with Gasteiger partial charge in [-0.05, 0) is 80.3 Å². The van der Waals surface area contributed by atoms with E-state index in [0.29, 0.717) is 23.6 Å². The van der Waals surface area contributed by atoms with E-state index >= 15 is 0 Å².